The van der Waals surface area contributed by atoms with Gasteiger partial charge in [0.25, 0.3) is 0 Å². The lowest BCUT2D eigenvalue weighted by Gasteiger charge is -2.28. The lowest BCUT2D eigenvalue weighted by atomic mass is 10.1. The van der Waals surface area contributed by atoms with Crippen LogP contribution < -0.4 is 4.90 Å². The summed E-state index contributed by atoms with van der Waals surface area (Å²) in [5.74, 6) is 1.43. The maximum Gasteiger partial charge on any atom is 0.131 e. The van der Waals surface area contributed by atoms with Crippen LogP contribution >= 0.6 is 23.2 Å². The number of aromatic nitrogens is 1. The zero-order valence-corrected chi connectivity index (χ0v) is 13.4. The Morgan fingerprint density at radius 1 is 1.30 bits per heavy atom. The van der Waals surface area contributed by atoms with Crippen molar-refractivity contribution in [1.29, 1.82) is 0 Å². The number of hydrogen-bond acceptors (Lipinski definition) is 2. The van der Waals surface area contributed by atoms with Gasteiger partial charge >= 0.3 is 0 Å². The van der Waals surface area contributed by atoms with Crippen molar-refractivity contribution in [2.45, 2.75) is 25.8 Å². The van der Waals surface area contributed by atoms with Crippen LogP contribution in [-0.4, -0.2) is 12.0 Å². The molecule has 1 aromatic carbocycles. The number of nitrogens with zero attached hydrogens (tertiary/aromatic N) is 2. The van der Waals surface area contributed by atoms with Gasteiger partial charge in [-0.25, -0.2) is 4.98 Å². The molecular weight excluding hydrogens is 291 g/mol. The van der Waals surface area contributed by atoms with Crippen molar-refractivity contribution in [1.82, 2.24) is 4.98 Å². The molecule has 0 saturated heterocycles. The summed E-state index contributed by atoms with van der Waals surface area (Å²) in [5.41, 5.74) is 3.25. The molecule has 0 saturated carbocycles. The van der Waals surface area contributed by atoms with E-state index in [1.54, 1.807) is 0 Å². The second-order valence-corrected chi connectivity index (χ2v) is 5.60. The molecule has 0 aliphatic heterocycles. The summed E-state index contributed by atoms with van der Waals surface area (Å²) < 4.78 is 0. The minimum atomic E-state index is 0.150. The van der Waals surface area contributed by atoms with E-state index in [4.69, 9.17) is 23.2 Å². The second kappa shape index (κ2) is 6.47. The molecule has 1 aromatic heterocycles. The largest absolute Gasteiger partial charge is 0.353 e. The monoisotopic (exact) mass is 308 g/mol. The van der Waals surface area contributed by atoms with Crippen molar-refractivity contribution in [2.75, 3.05) is 11.9 Å². The molecule has 0 spiro atoms. The molecule has 0 aliphatic rings. The molecule has 0 amide bonds. The van der Waals surface area contributed by atoms with Crippen LogP contribution in [0, 0.1) is 6.92 Å². The van der Waals surface area contributed by atoms with Crippen LogP contribution in [0.25, 0.3) is 0 Å². The van der Waals surface area contributed by atoms with Gasteiger partial charge in [0.2, 0.25) is 0 Å². The Kier molecular flexibility index (Phi) is 4.90. The quantitative estimate of drug-likeness (QED) is 0.741. The molecular formula is C16H18Cl2N2. The van der Waals surface area contributed by atoms with Crippen LogP contribution in [-0.2, 0) is 5.88 Å². The van der Waals surface area contributed by atoms with Gasteiger partial charge in [0.1, 0.15) is 5.82 Å². The van der Waals surface area contributed by atoms with E-state index in [-0.39, 0.29) is 6.04 Å². The minimum Gasteiger partial charge on any atom is -0.353 e. The van der Waals surface area contributed by atoms with E-state index in [0.29, 0.717) is 5.88 Å². The molecule has 0 fully saturated rings. The number of alkyl halides is 1. The van der Waals surface area contributed by atoms with Crippen LogP contribution in [0.15, 0.2) is 36.5 Å². The van der Waals surface area contributed by atoms with E-state index in [9.17, 15) is 0 Å². The topological polar surface area (TPSA) is 16.1 Å². The van der Waals surface area contributed by atoms with Crippen LogP contribution in [0.2, 0.25) is 5.02 Å². The number of anilines is 1. The fourth-order valence-electron chi connectivity index (χ4n) is 2.27. The van der Waals surface area contributed by atoms with E-state index in [1.807, 2.05) is 44.4 Å². The van der Waals surface area contributed by atoms with Gasteiger partial charge in [-0.3, -0.25) is 0 Å². The van der Waals surface area contributed by atoms with Crippen molar-refractivity contribution < 1.29 is 0 Å². The highest BCUT2D eigenvalue weighted by Gasteiger charge is 2.17. The minimum absolute atomic E-state index is 0.150. The van der Waals surface area contributed by atoms with Crippen molar-refractivity contribution in [2.24, 2.45) is 0 Å². The van der Waals surface area contributed by atoms with Crippen LogP contribution in [0.4, 0.5) is 5.82 Å². The van der Waals surface area contributed by atoms with Gasteiger partial charge in [0.15, 0.2) is 0 Å². The Morgan fingerprint density at radius 2 is 2.00 bits per heavy atom. The first-order chi connectivity index (χ1) is 9.54. The van der Waals surface area contributed by atoms with Crippen molar-refractivity contribution in [3.63, 3.8) is 0 Å². The Balaban J connectivity index is 2.31. The van der Waals surface area contributed by atoms with Gasteiger partial charge in [0, 0.05) is 24.1 Å². The Morgan fingerprint density at radius 3 is 2.60 bits per heavy atom. The third kappa shape index (κ3) is 3.08. The van der Waals surface area contributed by atoms with E-state index in [1.165, 1.54) is 0 Å². The molecule has 2 rings (SSSR count). The Hall–Kier alpha value is -1.25. The standard InChI is InChI=1S/C16H18Cl2N2/c1-11-8-13(9-17)10-19-16(11)20(3)12(2)14-6-4-5-7-15(14)18/h4-8,10,12H,9H2,1-3H3. The summed E-state index contributed by atoms with van der Waals surface area (Å²) in [5, 5.41) is 0.780. The first-order valence-electron chi connectivity index (χ1n) is 6.53. The first kappa shape index (κ1) is 15.1. The Labute approximate surface area is 130 Å². The molecule has 0 N–H and O–H groups in total. The fraction of sp³-hybridized carbons (Fsp3) is 0.312. The molecule has 2 nitrogen and oxygen atoms in total. The molecule has 0 radical (unpaired) electrons. The average Bonchev–Trinajstić information content (AvgIpc) is 2.46. The molecule has 4 heteroatoms. The second-order valence-electron chi connectivity index (χ2n) is 4.93. The smallest absolute Gasteiger partial charge is 0.131 e. The molecule has 0 aliphatic carbocycles. The predicted molar refractivity (Wildman–Crippen MR) is 86.8 cm³/mol. The highest BCUT2D eigenvalue weighted by Crippen LogP contribution is 2.30. The van der Waals surface area contributed by atoms with Crippen molar-refractivity contribution in [3.8, 4) is 0 Å². The van der Waals surface area contributed by atoms with Gasteiger partial charge in [0.05, 0.1) is 6.04 Å². The number of benzene rings is 1. The zero-order valence-electron chi connectivity index (χ0n) is 11.9. The van der Waals surface area contributed by atoms with Crippen LogP contribution in [0.1, 0.15) is 29.7 Å². The van der Waals surface area contributed by atoms with E-state index in [0.717, 1.165) is 27.5 Å². The van der Waals surface area contributed by atoms with Gasteiger partial charge in [-0.05, 0) is 42.7 Å². The first-order valence-corrected chi connectivity index (χ1v) is 7.44. The average molecular weight is 309 g/mol. The normalized spacial score (nSPS) is 12.2. The maximum absolute atomic E-state index is 6.27. The highest BCUT2D eigenvalue weighted by atomic mass is 35.5. The lowest BCUT2D eigenvalue weighted by molar-refractivity contribution is 0.726. The van der Waals surface area contributed by atoms with Crippen LogP contribution in [0.5, 0.6) is 0 Å². The van der Waals surface area contributed by atoms with E-state index < -0.39 is 0 Å². The summed E-state index contributed by atoms with van der Waals surface area (Å²) >= 11 is 12.1. The predicted octanol–water partition coefficient (Wildman–Crippen LogP) is 4.98. The molecule has 0 bridgehead atoms. The molecule has 20 heavy (non-hydrogen) atoms. The summed E-state index contributed by atoms with van der Waals surface area (Å²) in [6.45, 7) is 4.17. The number of hydrogen-bond donors (Lipinski definition) is 0. The lowest BCUT2D eigenvalue weighted by Crippen LogP contribution is -2.23. The van der Waals surface area contributed by atoms with E-state index >= 15 is 0 Å². The van der Waals surface area contributed by atoms with E-state index in [2.05, 4.69) is 22.9 Å². The summed E-state index contributed by atoms with van der Waals surface area (Å²) in [4.78, 5) is 6.66. The maximum atomic E-state index is 6.27. The van der Waals surface area contributed by atoms with Gasteiger partial charge in [-0.2, -0.15) is 0 Å². The fourth-order valence-corrected chi connectivity index (χ4v) is 2.71. The molecule has 2 aromatic rings. The number of pyridine rings is 1. The molecule has 1 heterocycles. The highest BCUT2D eigenvalue weighted by molar-refractivity contribution is 6.31. The van der Waals surface area contributed by atoms with Gasteiger partial charge in [-0.15, -0.1) is 11.6 Å². The van der Waals surface area contributed by atoms with Gasteiger partial charge in [-0.1, -0.05) is 29.8 Å². The summed E-state index contributed by atoms with van der Waals surface area (Å²) in [6, 6.07) is 10.1. The SMILES string of the molecule is Cc1cc(CCl)cnc1N(C)C(C)c1ccccc1Cl. The number of aryl methyl sites for hydroxylation is 1. The van der Waals surface area contributed by atoms with Crippen LogP contribution in [0.3, 0.4) is 0 Å². The molecule has 106 valence electrons. The van der Waals surface area contributed by atoms with Crippen molar-refractivity contribution in [3.05, 3.63) is 58.2 Å². The molecule has 1 unspecified atom stereocenters. The van der Waals surface area contributed by atoms with Crippen molar-refractivity contribution >= 4 is 29.0 Å². The number of halogens is 2. The summed E-state index contributed by atoms with van der Waals surface area (Å²) in [6.07, 6.45) is 1.82. The molecule has 1 atom stereocenters. The Bertz CT molecular complexity index is 599. The third-order valence-electron chi connectivity index (χ3n) is 3.53. The zero-order chi connectivity index (χ0) is 14.7. The third-order valence-corrected chi connectivity index (χ3v) is 4.18. The summed E-state index contributed by atoms with van der Waals surface area (Å²) in [7, 11) is 2.03. The van der Waals surface area contributed by atoms with Gasteiger partial charge < -0.3 is 4.90 Å². The number of rotatable bonds is 4.